The smallest absolute Gasteiger partial charge is 0.344 e. The van der Waals surface area contributed by atoms with E-state index in [1.165, 1.54) is 6.92 Å². The van der Waals surface area contributed by atoms with Crippen LogP contribution in [0, 0.1) is 13.8 Å². The van der Waals surface area contributed by atoms with Crippen LogP contribution in [0.2, 0.25) is 0 Å². The Morgan fingerprint density at radius 1 is 1.20 bits per heavy atom. The fraction of sp³-hybridized carbons (Fsp3) is 0.294. The van der Waals surface area contributed by atoms with Gasteiger partial charge in [-0.15, -0.1) is 0 Å². The summed E-state index contributed by atoms with van der Waals surface area (Å²) in [5.41, 5.74) is 1.44. The standard InChI is InChI=1S/C17H19N3O5/c1-10-14(11(2)25-20-10)16(22)24-12(3)15(21)19-17(23)18-9-13-7-5-4-6-8-13/h4-8,12H,9H2,1-3H3,(H2,18,19,21,23)/t12-/m1/s1. The molecule has 3 amide bonds. The number of aromatic nitrogens is 1. The van der Waals surface area contributed by atoms with E-state index in [1.807, 2.05) is 30.3 Å². The molecule has 0 aliphatic heterocycles. The molecular weight excluding hydrogens is 326 g/mol. The maximum atomic E-state index is 12.1. The first-order valence-electron chi connectivity index (χ1n) is 7.65. The highest BCUT2D eigenvalue weighted by molar-refractivity contribution is 5.98. The lowest BCUT2D eigenvalue weighted by atomic mass is 10.2. The Balaban J connectivity index is 1.83. The van der Waals surface area contributed by atoms with Crippen LogP contribution in [0.3, 0.4) is 0 Å². The number of nitrogens with one attached hydrogen (secondary N) is 2. The van der Waals surface area contributed by atoms with Crippen LogP contribution in [0.25, 0.3) is 0 Å². The largest absolute Gasteiger partial charge is 0.449 e. The molecule has 1 atom stereocenters. The van der Waals surface area contributed by atoms with Crippen LogP contribution in [0.4, 0.5) is 4.79 Å². The van der Waals surface area contributed by atoms with Crippen molar-refractivity contribution in [2.24, 2.45) is 0 Å². The molecule has 0 saturated carbocycles. The lowest BCUT2D eigenvalue weighted by Gasteiger charge is -2.13. The highest BCUT2D eigenvalue weighted by atomic mass is 16.5. The predicted octanol–water partition coefficient (Wildman–Crippen LogP) is 1.86. The first-order valence-corrected chi connectivity index (χ1v) is 7.65. The Labute approximate surface area is 144 Å². The number of hydrogen-bond donors (Lipinski definition) is 2. The average Bonchev–Trinajstić information content (AvgIpc) is 2.92. The number of hydrogen-bond acceptors (Lipinski definition) is 6. The maximum absolute atomic E-state index is 12.1. The number of carbonyl (C=O) groups is 3. The Bertz CT molecular complexity index is 750. The summed E-state index contributed by atoms with van der Waals surface area (Å²) in [4.78, 5) is 35.8. The molecule has 0 aliphatic rings. The normalized spacial score (nSPS) is 11.5. The van der Waals surface area contributed by atoms with E-state index < -0.39 is 24.0 Å². The van der Waals surface area contributed by atoms with E-state index in [0.29, 0.717) is 11.5 Å². The SMILES string of the molecule is Cc1noc(C)c1C(=O)O[C@H](C)C(=O)NC(=O)NCc1ccccc1. The topological polar surface area (TPSA) is 111 Å². The van der Waals surface area contributed by atoms with Gasteiger partial charge in [-0.05, 0) is 26.3 Å². The van der Waals surface area contributed by atoms with Crippen LogP contribution < -0.4 is 10.6 Å². The maximum Gasteiger partial charge on any atom is 0.344 e. The van der Waals surface area contributed by atoms with Crippen LogP contribution in [-0.4, -0.2) is 29.2 Å². The van der Waals surface area contributed by atoms with Gasteiger partial charge in [0.1, 0.15) is 11.3 Å². The van der Waals surface area contributed by atoms with Gasteiger partial charge in [-0.2, -0.15) is 0 Å². The van der Waals surface area contributed by atoms with Gasteiger partial charge in [-0.1, -0.05) is 35.5 Å². The number of rotatable bonds is 5. The quantitative estimate of drug-likeness (QED) is 0.800. The van der Waals surface area contributed by atoms with Crippen molar-refractivity contribution in [2.75, 3.05) is 0 Å². The monoisotopic (exact) mass is 345 g/mol. The van der Waals surface area contributed by atoms with Crippen LogP contribution in [0.5, 0.6) is 0 Å². The number of esters is 1. The Morgan fingerprint density at radius 2 is 1.88 bits per heavy atom. The van der Waals surface area contributed by atoms with Gasteiger partial charge in [0.25, 0.3) is 5.91 Å². The third-order valence-electron chi connectivity index (χ3n) is 3.42. The van der Waals surface area contributed by atoms with Gasteiger partial charge in [0, 0.05) is 6.54 Å². The molecular formula is C17H19N3O5. The molecule has 25 heavy (non-hydrogen) atoms. The van der Waals surface area contributed by atoms with E-state index >= 15 is 0 Å². The second kappa shape index (κ2) is 8.09. The van der Waals surface area contributed by atoms with Gasteiger partial charge >= 0.3 is 12.0 Å². The molecule has 0 saturated heterocycles. The van der Waals surface area contributed by atoms with Crippen molar-refractivity contribution in [3.8, 4) is 0 Å². The highest BCUT2D eigenvalue weighted by Crippen LogP contribution is 2.14. The molecule has 1 aromatic carbocycles. The molecule has 8 nitrogen and oxygen atoms in total. The molecule has 2 N–H and O–H groups in total. The number of ether oxygens (including phenoxy) is 1. The summed E-state index contributed by atoms with van der Waals surface area (Å²) in [6, 6.07) is 8.56. The predicted molar refractivity (Wildman–Crippen MR) is 87.7 cm³/mol. The number of amides is 3. The minimum absolute atomic E-state index is 0.174. The average molecular weight is 345 g/mol. The lowest BCUT2D eigenvalue weighted by Crippen LogP contribution is -2.44. The number of carbonyl (C=O) groups excluding carboxylic acids is 3. The molecule has 0 bridgehead atoms. The van der Waals surface area contributed by atoms with Crippen molar-refractivity contribution in [1.82, 2.24) is 15.8 Å². The molecule has 0 spiro atoms. The molecule has 0 fully saturated rings. The van der Waals surface area contributed by atoms with E-state index in [9.17, 15) is 14.4 Å². The van der Waals surface area contributed by atoms with Gasteiger partial charge in [-0.3, -0.25) is 10.1 Å². The molecule has 2 rings (SSSR count). The van der Waals surface area contributed by atoms with Gasteiger partial charge in [0.2, 0.25) is 0 Å². The third-order valence-corrected chi connectivity index (χ3v) is 3.42. The second-order valence-corrected chi connectivity index (χ2v) is 5.40. The minimum Gasteiger partial charge on any atom is -0.449 e. The number of urea groups is 1. The van der Waals surface area contributed by atoms with Gasteiger partial charge in [-0.25, -0.2) is 9.59 Å². The van der Waals surface area contributed by atoms with Crippen LogP contribution in [0.15, 0.2) is 34.9 Å². The first-order chi connectivity index (χ1) is 11.9. The number of nitrogens with zero attached hydrogens (tertiary/aromatic N) is 1. The van der Waals surface area contributed by atoms with Gasteiger partial charge in [0.15, 0.2) is 6.10 Å². The number of imide groups is 1. The fourth-order valence-corrected chi connectivity index (χ4v) is 2.08. The van der Waals surface area contributed by atoms with Gasteiger partial charge < -0.3 is 14.6 Å². The molecule has 132 valence electrons. The van der Waals surface area contributed by atoms with E-state index in [0.717, 1.165) is 5.56 Å². The number of aryl methyl sites for hydroxylation is 2. The summed E-state index contributed by atoms with van der Waals surface area (Å²) in [6.45, 7) is 4.80. The zero-order valence-corrected chi connectivity index (χ0v) is 14.2. The summed E-state index contributed by atoms with van der Waals surface area (Å²) < 4.78 is 9.93. The summed E-state index contributed by atoms with van der Waals surface area (Å²) in [5.74, 6) is -1.16. The molecule has 1 aromatic heterocycles. The third kappa shape index (κ3) is 4.90. The molecule has 1 heterocycles. The van der Waals surface area contributed by atoms with Crippen molar-refractivity contribution in [3.63, 3.8) is 0 Å². The Kier molecular flexibility index (Phi) is 5.89. The van der Waals surface area contributed by atoms with E-state index in [2.05, 4.69) is 15.8 Å². The molecule has 8 heteroatoms. The van der Waals surface area contributed by atoms with Crippen molar-refractivity contribution >= 4 is 17.9 Å². The van der Waals surface area contributed by atoms with Crippen molar-refractivity contribution < 1.29 is 23.6 Å². The van der Waals surface area contributed by atoms with E-state index in [-0.39, 0.29) is 12.1 Å². The molecule has 0 radical (unpaired) electrons. The van der Waals surface area contributed by atoms with Crippen LogP contribution >= 0.6 is 0 Å². The molecule has 2 aromatic rings. The van der Waals surface area contributed by atoms with Gasteiger partial charge in [0.05, 0.1) is 5.69 Å². The Hall–Kier alpha value is -3.16. The van der Waals surface area contributed by atoms with Crippen molar-refractivity contribution in [2.45, 2.75) is 33.4 Å². The van der Waals surface area contributed by atoms with E-state index in [4.69, 9.17) is 9.26 Å². The molecule has 0 unspecified atom stereocenters. The van der Waals surface area contributed by atoms with Crippen molar-refractivity contribution in [1.29, 1.82) is 0 Å². The lowest BCUT2D eigenvalue weighted by molar-refractivity contribution is -0.127. The summed E-state index contributed by atoms with van der Waals surface area (Å²) in [6.07, 6.45) is -1.15. The van der Waals surface area contributed by atoms with Crippen molar-refractivity contribution in [3.05, 3.63) is 52.9 Å². The van der Waals surface area contributed by atoms with Crippen LogP contribution in [0.1, 0.15) is 34.3 Å². The number of benzene rings is 1. The molecule has 0 aliphatic carbocycles. The summed E-state index contributed by atoms with van der Waals surface area (Å²) in [5, 5.41) is 8.32. The zero-order chi connectivity index (χ0) is 18.4. The minimum atomic E-state index is -1.15. The summed E-state index contributed by atoms with van der Waals surface area (Å²) >= 11 is 0. The zero-order valence-electron chi connectivity index (χ0n) is 14.2. The van der Waals surface area contributed by atoms with E-state index in [1.54, 1.807) is 13.8 Å². The fourth-order valence-electron chi connectivity index (χ4n) is 2.08. The first kappa shape index (κ1) is 18.2. The second-order valence-electron chi connectivity index (χ2n) is 5.40. The van der Waals surface area contributed by atoms with Crippen LogP contribution in [-0.2, 0) is 16.1 Å². The highest BCUT2D eigenvalue weighted by Gasteiger charge is 2.25. The summed E-state index contributed by atoms with van der Waals surface area (Å²) in [7, 11) is 0. The Morgan fingerprint density at radius 3 is 2.48 bits per heavy atom.